The van der Waals surface area contributed by atoms with Crippen LogP contribution in [0.4, 0.5) is 0 Å². The Morgan fingerprint density at radius 3 is 2.55 bits per heavy atom. The van der Waals surface area contributed by atoms with E-state index in [4.69, 9.17) is 0 Å². The van der Waals surface area contributed by atoms with Crippen molar-refractivity contribution in [2.75, 3.05) is 0 Å². The van der Waals surface area contributed by atoms with Crippen LogP contribution in [0.1, 0.15) is 77.6 Å². The summed E-state index contributed by atoms with van der Waals surface area (Å²) < 4.78 is 0. The van der Waals surface area contributed by atoms with Gasteiger partial charge in [-0.3, -0.25) is 4.79 Å². The average molecular weight is 276 g/mol. The van der Waals surface area contributed by atoms with E-state index in [0.29, 0.717) is 0 Å². The van der Waals surface area contributed by atoms with Crippen LogP contribution in [-0.4, -0.2) is 11.4 Å². The highest BCUT2D eigenvalue weighted by atomic mass is 16.2. The first-order valence-electron chi connectivity index (χ1n) is 8.42. The molecule has 1 amide bonds. The first-order valence-corrected chi connectivity index (χ1v) is 8.42. The van der Waals surface area contributed by atoms with Crippen LogP contribution in [0.25, 0.3) is 0 Å². The first-order chi connectivity index (χ1) is 9.69. The molecule has 0 aromatic carbocycles. The predicted molar refractivity (Wildman–Crippen MR) is 79.9 cm³/mol. The molecule has 3 heteroatoms. The summed E-state index contributed by atoms with van der Waals surface area (Å²) in [6.45, 7) is 2.23. The smallest absolute Gasteiger partial charge is 0.224 e. The van der Waals surface area contributed by atoms with Gasteiger partial charge in [-0.05, 0) is 44.4 Å². The molecule has 0 heterocycles. The summed E-state index contributed by atoms with van der Waals surface area (Å²) in [6.07, 6.45) is 11.8. The quantitative estimate of drug-likeness (QED) is 0.794. The van der Waals surface area contributed by atoms with Gasteiger partial charge in [0.15, 0.2) is 0 Å². The molecule has 2 unspecified atom stereocenters. The standard InChI is InChI=1S/C17H28N2O/c1-2-14-7-6-11-17(13-18,12-10-14)19-16(20)15-8-4-3-5-9-15/h14-15H,2-12H2,1H3,(H,19,20). The van der Waals surface area contributed by atoms with E-state index in [9.17, 15) is 10.1 Å². The molecule has 0 spiro atoms. The molecule has 2 aliphatic rings. The van der Waals surface area contributed by atoms with E-state index >= 15 is 0 Å². The zero-order valence-corrected chi connectivity index (χ0v) is 12.8. The maximum atomic E-state index is 12.4. The number of rotatable bonds is 3. The SMILES string of the molecule is CCC1CCCC(C#N)(NC(=O)C2CCCCC2)CC1. The molecule has 2 atom stereocenters. The lowest BCUT2D eigenvalue weighted by atomic mass is 9.86. The van der Waals surface area contributed by atoms with Crippen molar-refractivity contribution in [3.05, 3.63) is 0 Å². The van der Waals surface area contributed by atoms with E-state index in [-0.39, 0.29) is 11.8 Å². The molecule has 2 aliphatic carbocycles. The van der Waals surface area contributed by atoms with Gasteiger partial charge in [-0.1, -0.05) is 39.0 Å². The van der Waals surface area contributed by atoms with Crippen LogP contribution in [0.5, 0.6) is 0 Å². The summed E-state index contributed by atoms with van der Waals surface area (Å²) in [5.74, 6) is 1.03. The number of nitrogens with one attached hydrogen (secondary N) is 1. The van der Waals surface area contributed by atoms with Crippen LogP contribution in [-0.2, 0) is 4.79 Å². The number of nitriles is 1. The molecule has 2 fully saturated rings. The fraction of sp³-hybridized carbons (Fsp3) is 0.882. The van der Waals surface area contributed by atoms with E-state index < -0.39 is 5.54 Å². The van der Waals surface area contributed by atoms with Crippen molar-refractivity contribution in [1.82, 2.24) is 5.32 Å². The highest BCUT2D eigenvalue weighted by Crippen LogP contribution is 2.32. The third-order valence-corrected chi connectivity index (χ3v) is 5.33. The topological polar surface area (TPSA) is 52.9 Å². The van der Waals surface area contributed by atoms with Crippen molar-refractivity contribution >= 4 is 5.91 Å². The highest BCUT2D eigenvalue weighted by molar-refractivity contribution is 5.80. The van der Waals surface area contributed by atoms with Crippen molar-refractivity contribution in [3.63, 3.8) is 0 Å². The van der Waals surface area contributed by atoms with E-state index in [1.807, 2.05) is 0 Å². The maximum absolute atomic E-state index is 12.4. The third-order valence-electron chi connectivity index (χ3n) is 5.33. The second kappa shape index (κ2) is 7.11. The normalized spacial score (nSPS) is 32.1. The lowest BCUT2D eigenvalue weighted by Crippen LogP contribution is -2.49. The first kappa shape index (κ1) is 15.4. The van der Waals surface area contributed by atoms with Crippen LogP contribution in [0.15, 0.2) is 0 Å². The maximum Gasteiger partial charge on any atom is 0.224 e. The fourth-order valence-electron chi connectivity index (χ4n) is 3.79. The Bertz CT molecular complexity index is 368. The molecule has 0 radical (unpaired) electrons. The van der Waals surface area contributed by atoms with Crippen molar-refractivity contribution in [2.45, 2.75) is 83.1 Å². The predicted octanol–water partition coefficient (Wildman–Crippen LogP) is 3.94. The Morgan fingerprint density at radius 1 is 1.15 bits per heavy atom. The summed E-state index contributed by atoms with van der Waals surface area (Å²) >= 11 is 0. The molecule has 0 saturated heterocycles. The molecule has 3 nitrogen and oxygen atoms in total. The second-order valence-corrected chi connectivity index (χ2v) is 6.72. The molecule has 0 aliphatic heterocycles. The van der Waals surface area contributed by atoms with Crippen molar-refractivity contribution in [1.29, 1.82) is 5.26 Å². The van der Waals surface area contributed by atoms with Gasteiger partial charge in [0.25, 0.3) is 0 Å². The lowest BCUT2D eigenvalue weighted by molar-refractivity contribution is -0.127. The molecule has 20 heavy (non-hydrogen) atoms. The molecule has 112 valence electrons. The third kappa shape index (κ3) is 3.75. The monoisotopic (exact) mass is 276 g/mol. The molecule has 2 rings (SSSR count). The minimum absolute atomic E-state index is 0.140. The highest BCUT2D eigenvalue weighted by Gasteiger charge is 2.36. The van der Waals surface area contributed by atoms with Gasteiger partial charge in [0.2, 0.25) is 5.91 Å². The van der Waals surface area contributed by atoms with Gasteiger partial charge in [-0.15, -0.1) is 0 Å². The van der Waals surface area contributed by atoms with E-state index in [1.165, 1.54) is 19.3 Å². The van der Waals surface area contributed by atoms with Crippen LogP contribution >= 0.6 is 0 Å². The zero-order valence-electron chi connectivity index (χ0n) is 12.8. The van der Waals surface area contributed by atoms with Gasteiger partial charge >= 0.3 is 0 Å². The Kier molecular flexibility index (Phi) is 5.46. The van der Waals surface area contributed by atoms with E-state index in [1.54, 1.807) is 0 Å². The molecule has 0 aromatic heterocycles. The number of amides is 1. The summed E-state index contributed by atoms with van der Waals surface area (Å²) in [6, 6.07) is 2.44. The number of carbonyl (C=O) groups is 1. The Labute approximate surface area is 123 Å². The lowest BCUT2D eigenvalue weighted by Gasteiger charge is -2.30. The Morgan fingerprint density at radius 2 is 1.90 bits per heavy atom. The van der Waals surface area contributed by atoms with E-state index in [0.717, 1.165) is 57.3 Å². The van der Waals surface area contributed by atoms with Crippen molar-refractivity contribution < 1.29 is 4.79 Å². The number of hydrogen-bond acceptors (Lipinski definition) is 2. The second-order valence-electron chi connectivity index (χ2n) is 6.72. The van der Waals surface area contributed by atoms with Gasteiger partial charge in [0.1, 0.15) is 5.54 Å². The van der Waals surface area contributed by atoms with Gasteiger partial charge < -0.3 is 5.32 Å². The molecule has 1 N–H and O–H groups in total. The summed E-state index contributed by atoms with van der Waals surface area (Å²) in [5.41, 5.74) is -0.585. The van der Waals surface area contributed by atoms with E-state index in [2.05, 4.69) is 18.3 Å². The Balaban J connectivity index is 1.96. The van der Waals surface area contributed by atoms with Crippen molar-refractivity contribution in [2.24, 2.45) is 11.8 Å². The van der Waals surface area contributed by atoms with Gasteiger partial charge in [0, 0.05) is 5.92 Å². The van der Waals surface area contributed by atoms with Crippen LogP contribution in [0, 0.1) is 23.2 Å². The van der Waals surface area contributed by atoms with Gasteiger partial charge in [-0.25, -0.2) is 0 Å². The van der Waals surface area contributed by atoms with Gasteiger partial charge in [-0.2, -0.15) is 5.26 Å². The number of carbonyl (C=O) groups excluding carboxylic acids is 1. The average Bonchev–Trinajstić information content (AvgIpc) is 2.71. The number of nitrogens with zero attached hydrogens (tertiary/aromatic N) is 1. The minimum atomic E-state index is -0.585. The largest absolute Gasteiger partial charge is 0.338 e. The summed E-state index contributed by atoms with van der Waals surface area (Å²) in [7, 11) is 0. The molecular formula is C17H28N2O. The number of hydrogen-bond donors (Lipinski definition) is 1. The van der Waals surface area contributed by atoms with Crippen LogP contribution < -0.4 is 5.32 Å². The molecule has 0 bridgehead atoms. The Hall–Kier alpha value is -1.04. The zero-order chi connectivity index (χ0) is 14.4. The van der Waals surface area contributed by atoms with Gasteiger partial charge in [0.05, 0.1) is 6.07 Å². The van der Waals surface area contributed by atoms with Crippen LogP contribution in [0.2, 0.25) is 0 Å². The molecular weight excluding hydrogens is 248 g/mol. The minimum Gasteiger partial charge on any atom is -0.338 e. The van der Waals surface area contributed by atoms with Crippen molar-refractivity contribution in [3.8, 4) is 6.07 Å². The summed E-state index contributed by atoms with van der Waals surface area (Å²) in [4.78, 5) is 12.4. The summed E-state index contributed by atoms with van der Waals surface area (Å²) in [5, 5.41) is 12.7. The van der Waals surface area contributed by atoms with Crippen LogP contribution in [0.3, 0.4) is 0 Å². The fourth-order valence-corrected chi connectivity index (χ4v) is 3.79. The molecule has 2 saturated carbocycles. The molecule has 0 aromatic rings.